The van der Waals surface area contributed by atoms with Gasteiger partial charge in [0, 0.05) is 11.9 Å². The van der Waals surface area contributed by atoms with E-state index in [0.29, 0.717) is 18.8 Å². The number of nitrogens with one attached hydrogen (secondary N) is 1. The summed E-state index contributed by atoms with van der Waals surface area (Å²) in [5.41, 5.74) is 5.35. The van der Waals surface area contributed by atoms with Crippen molar-refractivity contribution in [2.75, 3.05) is 13.1 Å². The van der Waals surface area contributed by atoms with Gasteiger partial charge in [0.05, 0.1) is 0 Å². The fourth-order valence-corrected chi connectivity index (χ4v) is 1.71. The lowest BCUT2D eigenvalue weighted by Gasteiger charge is -2.08. The van der Waals surface area contributed by atoms with Crippen molar-refractivity contribution in [3.05, 3.63) is 42.5 Å². The molecular formula is C14H16N2O2. The SMILES string of the molecule is NCCCNC(=O)Oc1cccc2ccccc12. The second-order valence-corrected chi connectivity index (χ2v) is 3.94. The second kappa shape index (κ2) is 6.02. The summed E-state index contributed by atoms with van der Waals surface area (Å²) in [6.45, 7) is 1.08. The Morgan fingerprint density at radius 1 is 1.17 bits per heavy atom. The zero-order valence-corrected chi connectivity index (χ0v) is 10.1. The number of rotatable bonds is 4. The molecule has 0 fully saturated rings. The summed E-state index contributed by atoms with van der Waals surface area (Å²) in [5.74, 6) is 0.568. The molecule has 4 nitrogen and oxygen atoms in total. The molecule has 0 bridgehead atoms. The minimum absolute atomic E-state index is 0.445. The maximum absolute atomic E-state index is 11.6. The molecule has 0 saturated carbocycles. The third-order valence-corrected chi connectivity index (χ3v) is 2.60. The van der Waals surface area contributed by atoms with Crippen LogP contribution in [0.3, 0.4) is 0 Å². The first-order valence-electron chi connectivity index (χ1n) is 5.95. The van der Waals surface area contributed by atoms with Crippen molar-refractivity contribution in [1.29, 1.82) is 0 Å². The Kier molecular flexibility index (Phi) is 4.15. The van der Waals surface area contributed by atoms with Crippen molar-refractivity contribution in [3.63, 3.8) is 0 Å². The molecule has 0 aliphatic heterocycles. The minimum atomic E-state index is -0.445. The fraction of sp³-hybridized carbons (Fsp3) is 0.214. The average molecular weight is 244 g/mol. The number of hydrogen-bond acceptors (Lipinski definition) is 3. The van der Waals surface area contributed by atoms with Gasteiger partial charge in [0.15, 0.2) is 0 Å². The second-order valence-electron chi connectivity index (χ2n) is 3.94. The van der Waals surface area contributed by atoms with E-state index < -0.39 is 6.09 Å². The molecule has 2 aromatic carbocycles. The highest BCUT2D eigenvalue weighted by Gasteiger charge is 2.06. The summed E-state index contributed by atoms with van der Waals surface area (Å²) >= 11 is 0. The number of benzene rings is 2. The normalized spacial score (nSPS) is 10.3. The quantitative estimate of drug-likeness (QED) is 0.811. The Balaban J connectivity index is 2.09. The molecule has 2 rings (SSSR count). The van der Waals surface area contributed by atoms with Crippen LogP contribution in [0.2, 0.25) is 0 Å². The monoisotopic (exact) mass is 244 g/mol. The van der Waals surface area contributed by atoms with E-state index in [1.54, 1.807) is 6.07 Å². The molecule has 4 heteroatoms. The van der Waals surface area contributed by atoms with E-state index in [1.165, 1.54) is 0 Å². The zero-order chi connectivity index (χ0) is 12.8. The van der Waals surface area contributed by atoms with Gasteiger partial charge in [-0.05, 0) is 24.4 Å². The van der Waals surface area contributed by atoms with Crippen LogP contribution >= 0.6 is 0 Å². The first-order chi connectivity index (χ1) is 8.81. The Morgan fingerprint density at radius 3 is 2.78 bits per heavy atom. The number of amides is 1. The Hall–Kier alpha value is -2.07. The standard InChI is InChI=1S/C14H16N2O2/c15-9-4-10-16-14(17)18-13-8-3-6-11-5-1-2-7-12(11)13/h1-3,5-8H,4,9-10,15H2,(H,16,17). The molecule has 2 aromatic rings. The van der Waals surface area contributed by atoms with Crippen LogP contribution in [0.1, 0.15) is 6.42 Å². The van der Waals surface area contributed by atoms with Gasteiger partial charge in [-0.15, -0.1) is 0 Å². The summed E-state index contributed by atoms with van der Waals surface area (Å²) in [4.78, 5) is 11.6. The van der Waals surface area contributed by atoms with E-state index >= 15 is 0 Å². The van der Waals surface area contributed by atoms with Crippen molar-refractivity contribution >= 4 is 16.9 Å². The van der Waals surface area contributed by atoms with Crippen LogP contribution in [0.15, 0.2) is 42.5 Å². The number of carbonyl (C=O) groups is 1. The topological polar surface area (TPSA) is 64.3 Å². The molecule has 1 amide bonds. The number of carbonyl (C=O) groups excluding carboxylic acids is 1. The molecule has 0 heterocycles. The van der Waals surface area contributed by atoms with Crippen LogP contribution in [-0.2, 0) is 0 Å². The van der Waals surface area contributed by atoms with Crippen molar-refractivity contribution in [1.82, 2.24) is 5.32 Å². The number of ether oxygens (including phenoxy) is 1. The van der Waals surface area contributed by atoms with Gasteiger partial charge in [0.25, 0.3) is 0 Å². The van der Waals surface area contributed by atoms with Crippen LogP contribution < -0.4 is 15.8 Å². The highest BCUT2D eigenvalue weighted by molar-refractivity contribution is 5.90. The van der Waals surface area contributed by atoms with Crippen molar-refractivity contribution in [3.8, 4) is 5.75 Å². The van der Waals surface area contributed by atoms with E-state index in [-0.39, 0.29) is 0 Å². The maximum Gasteiger partial charge on any atom is 0.412 e. The lowest BCUT2D eigenvalue weighted by atomic mass is 10.1. The Bertz CT molecular complexity index is 535. The van der Waals surface area contributed by atoms with Crippen LogP contribution in [0.25, 0.3) is 10.8 Å². The minimum Gasteiger partial charge on any atom is -0.410 e. The predicted molar refractivity (Wildman–Crippen MR) is 71.6 cm³/mol. The number of nitrogens with two attached hydrogens (primary N) is 1. The summed E-state index contributed by atoms with van der Waals surface area (Å²) in [6.07, 6.45) is 0.296. The molecule has 94 valence electrons. The van der Waals surface area contributed by atoms with Gasteiger partial charge in [-0.2, -0.15) is 0 Å². The van der Waals surface area contributed by atoms with Crippen LogP contribution in [0.4, 0.5) is 4.79 Å². The van der Waals surface area contributed by atoms with E-state index in [0.717, 1.165) is 17.2 Å². The van der Waals surface area contributed by atoms with Crippen LogP contribution in [0.5, 0.6) is 5.75 Å². The zero-order valence-electron chi connectivity index (χ0n) is 10.1. The molecule has 0 saturated heterocycles. The van der Waals surface area contributed by atoms with Crippen LogP contribution in [0, 0.1) is 0 Å². The van der Waals surface area contributed by atoms with Crippen molar-refractivity contribution in [2.45, 2.75) is 6.42 Å². The molecule has 3 N–H and O–H groups in total. The Labute approximate surface area is 106 Å². The predicted octanol–water partition coefficient (Wildman–Crippen LogP) is 2.28. The number of hydrogen-bond donors (Lipinski definition) is 2. The molecule has 0 atom stereocenters. The number of fused-ring (bicyclic) bond motifs is 1. The first-order valence-corrected chi connectivity index (χ1v) is 5.95. The van der Waals surface area contributed by atoms with Crippen molar-refractivity contribution in [2.24, 2.45) is 5.73 Å². The summed E-state index contributed by atoms with van der Waals surface area (Å²) in [7, 11) is 0. The van der Waals surface area contributed by atoms with E-state index in [9.17, 15) is 4.79 Å². The fourth-order valence-electron chi connectivity index (χ4n) is 1.71. The molecule has 0 aliphatic rings. The van der Waals surface area contributed by atoms with Crippen LogP contribution in [-0.4, -0.2) is 19.2 Å². The third-order valence-electron chi connectivity index (χ3n) is 2.60. The van der Waals surface area contributed by atoms with Gasteiger partial charge < -0.3 is 15.8 Å². The average Bonchev–Trinajstić information content (AvgIpc) is 2.39. The van der Waals surface area contributed by atoms with E-state index in [2.05, 4.69) is 5.32 Å². The lowest BCUT2D eigenvalue weighted by Crippen LogP contribution is -2.28. The molecule has 0 aliphatic carbocycles. The molecule has 18 heavy (non-hydrogen) atoms. The Morgan fingerprint density at radius 2 is 1.94 bits per heavy atom. The van der Waals surface area contributed by atoms with Gasteiger partial charge in [-0.1, -0.05) is 36.4 Å². The highest BCUT2D eigenvalue weighted by Crippen LogP contribution is 2.24. The first kappa shape index (κ1) is 12.4. The highest BCUT2D eigenvalue weighted by atomic mass is 16.6. The molecule has 0 radical (unpaired) electrons. The largest absolute Gasteiger partial charge is 0.412 e. The van der Waals surface area contributed by atoms with Crippen molar-refractivity contribution < 1.29 is 9.53 Å². The summed E-state index contributed by atoms with van der Waals surface area (Å²) < 4.78 is 5.28. The van der Waals surface area contributed by atoms with Gasteiger partial charge >= 0.3 is 6.09 Å². The van der Waals surface area contributed by atoms with Gasteiger partial charge in [0.2, 0.25) is 0 Å². The van der Waals surface area contributed by atoms with E-state index in [1.807, 2.05) is 36.4 Å². The lowest BCUT2D eigenvalue weighted by molar-refractivity contribution is 0.201. The summed E-state index contributed by atoms with van der Waals surface area (Å²) in [5, 5.41) is 4.63. The smallest absolute Gasteiger partial charge is 0.410 e. The van der Waals surface area contributed by atoms with Gasteiger partial charge in [0.1, 0.15) is 5.75 Å². The molecule has 0 unspecified atom stereocenters. The third kappa shape index (κ3) is 2.99. The summed E-state index contributed by atoms with van der Waals surface area (Å²) in [6, 6.07) is 13.4. The maximum atomic E-state index is 11.6. The van der Waals surface area contributed by atoms with E-state index in [4.69, 9.17) is 10.5 Å². The molecule has 0 spiro atoms. The molecular weight excluding hydrogens is 228 g/mol. The van der Waals surface area contributed by atoms with Gasteiger partial charge in [-0.3, -0.25) is 0 Å². The molecule has 0 aromatic heterocycles. The van der Waals surface area contributed by atoms with Gasteiger partial charge in [-0.25, -0.2) is 4.79 Å².